The molecule has 0 saturated carbocycles. The lowest BCUT2D eigenvalue weighted by Gasteiger charge is -2.34. The zero-order valence-corrected chi connectivity index (χ0v) is 13.7. The molecule has 5 nitrogen and oxygen atoms in total. The molecule has 1 aliphatic rings. The van der Waals surface area contributed by atoms with Gasteiger partial charge in [0.2, 0.25) is 0 Å². The number of rotatable bonds is 7. The highest BCUT2D eigenvalue weighted by atomic mass is 16.6. The zero-order valence-electron chi connectivity index (χ0n) is 13.7. The SMILES string of the molecule is C=COCCCNCC1CCCN(C(=O)OC(C)(C)C)C1. The molecular weight excluding hydrogens is 268 g/mol. The summed E-state index contributed by atoms with van der Waals surface area (Å²) in [7, 11) is 0. The van der Waals surface area contributed by atoms with E-state index in [2.05, 4.69) is 11.9 Å². The number of piperidine rings is 1. The maximum Gasteiger partial charge on any atom is 0.410 e. The van der Waals surface area contributed by atoms with Gasteiger partial charge in [-0.05, 0) is 59.0 Å². The van der Waals surface area contributed by atoms with Crippen molar-refractivity contribution >= 4 is 6.09 Å². The van der Waals surface area contributed by atoms with Gasteiger partial charge in [0.25, 0.3) is 0 Å². The van der Waals surface area contributed by atoms with Crippen molar-refractivity contribution in [3.8, 4) is 0 Å². The average molecular weight is 298 g/mol. The molecule has 1 unspecified atom stereocenters. The Labute approximate surface area is 128 Å². The summed E-state index contributed by atoms with van der Waals surface area (Å²) >= 11 is 0. The van der Waals surface area contributed by atoms with Crippen molar-refractivity contribution in [2.24, 2.45) is 5.92 Å². The van der Waals surface area contributed by atoms with E-state index in [9.17, 15) is 4.79 Å². The maximum absolute atomic E-state index is 12.1. The van der Waals surface area contributed by atoms with Gasteiger partial charge in [-0.3, -0.25) is 0 Å². The van der Waals surface area contributed by atoms with Crippen molar-refractivity contribution in [2.75, 3.05) is 32.8 Å². The maximum atomic E-state index is 12.1. The fourth-order valence-electron chi connectivity index (χ4n) is 2.39. The number of hydrogen-bond donors (Lipinski definition) is 1. The normalized spacial score (nSPS) is 19.2. The van der Waals surface area contributed by atoms with E-state index >= 15 is 0 Å². The van der Waals surface area contributed by atoms with E-state index in [1.165, 1.54) is 6.26 Å². The van der Waals surface area contributed by atoms with Crippen molar-refractivity contribution in [1.29, 1.82) is 0 Å². The Balaban J connectivity index is 2.22. The molecule has 0 aliphatic carbocycles. The van der Waals surface area contributed by atoms with Crippen LogP contribution in [0.4, 0.5) is 4.79 Å². The molecule has 5 heteroatoms. The molecule has 1 atom stereocenters. The number of hydrogen-bond acceptors (Lipinski definition) is 4. The molecule has 1 fully saturated rings. The number of nitrogens with one attached hydrogen (secondary N) is 1. The lowest BCUT2D eigenvalue weighted by Crippen LogP contribution is -2.45. The van der Waals surface area contributed by atoms with Gasteiger partial charge in [-0.15, -0.1) is 0 Å². The first-order chi connectivity index (χ1) is 9.92. The number of likely N-dealkylation sites (tertiary alicyclic amines) is 1. The van der Waals surface area contributed by atoms with Crippen LogP contribution in [0, 0.1) is 5.92 Å². The monoisotopic (exact) mass is 298 g/mol. The van der Waals surface area contributed by atoms with Gasteiger partial charge in [0.05, 0.1) is 12.9 Å². The van der Waals surface area contributed by atoms with Crippen molar-refractivity contribution < 1.29 is 14.3 Å². The Kier molecular flexibility index (Phi) is 7.57. The van der Waals surface area contributed by atoms with E-state index in [1.54, 1.807) is 0 Å². The number of ether oxygens (including phenoxy) is 2. The molecule has 0 aromatic carbocycles. The molecule has 1 saturated heterocycles. The molecule has 122 valence electrons. The van der Waals surface area contributed by atoms with Gasteiger partial charge in [0, 0.05) is 13.1 Å². The van der Waals surface area contributed by atoms with Crippen LogP contribution in [0.5, 0.6) is 0 Å². The molecule has 0 spiro atoms. The first-order valence-electron chi connectivity index (χ1n) is 7.83. The van der Waals surface area contributed by atoms with Crippen molar-refractivity contribution in [1.82, 2.24) is 10.2 Å². The minimum absolute atomic E-state index is 0.188. The third kappa shape index (κ3) is 7.95. The fraction of sp³-hybridized carbons (Fsp3) is 0.812. The van der Waals surface area contributed by atoms with Gasteiger partial charge >= 0.3 is 6.09 Å². The highest BCUT2D eigenvalue weighted by Gasteiger charge is 2.27. The van der Waals surface area contributed by atoms with E-state index in [0.29, 0.717) is 12.5 Å². The average Bonchev–Trinajstić information content (AvgIpc) is 2.41. The summed E-state index contributed by atoms with van der Waals surface area (Å²) in [6.07, 6.45) is 4.46. The van der Waals surface area contributed by atoms with Crippen LogP contribution in [0.15, 0.2) is 12.8 Å². The summed E-state index contributed by atoms with van der Waals surface area (Å²) in [6.45, 7) is 13.4. The summed E-state index contributed by atoms with van der Waals surface area (Å²) < 4.78 is 10.5. The lowest BCUT2D eigenvalue weighted by molar-refractivity contribution is 0.0166. The van der Waals surface area contributed by atoms with Crippen LogP contribution in [0.2, 0.25) is 0 Å². The summed E-state index contributed by atoms with van der Waals surface area (Å²) in [4.78, 5) is 13.9. The molecule has 1 heterocycles. The van der Waals surface area contributed by atoms with E-state index in [1.807, 2.05) is 25.7 Å². The fourth-order valence-corrected chi connectivity index (χ4v) is 2.39. The molecule has 0 aromatic heterocycles. The molecule has 1 amide bonds. The Morgan fingerprint density at radius 2 is 2.24 bits per heavy atom. The number of carbonyl (C=O) groups excluding carboxylic acids is 1. The van der Waals surface area contributed by atoms with Gasteiger partial charge < -0.3 is 19.7 Å². The van der Waals surface area contributed by atoms with Crippen molar-refractivity contribution in [3.05, 3.63) is 12.8 Å². The molecule has 1 aliphatic heterocycles. The third-order valence-electron chi connectivity index (χ3n) is 3.34. The Hall–Kier alpha value is -1.23. The lowest BCUT2D eigenvalue weighted by atomic mass is 9.98. The number of amides is 1. The quantitative estimate of drug-likeness (QED) is 0.580. The van der Waals surface area contributed by atoms with Gasteiger partial charge in [-0.25, -0.2) is 4.79 Å². The van der Waals surface area contributed by atoms with E-state index in [4.69, 9.17) is 9.47 Å². The first-order valence-corrected chi connectivity index (χ1v) is 7.83. The smallest absolute Gasteiger partial charge is 0.410 e. The second kappa shape index (κ2) is 8.93. The highest BCUT2D eigenvalue weighted by Crippen LogP contribution is 2.18. The van der Waals surface area contributed by atoms with Crippen LogP contribution in [0.25, 0.3) is 0 Å². The standard InChI is InChI=1S/C16H30N2O3/c1-5-20-11-7-9-17-12-14-8-6-10-18(13-14)15(19)21-16(2,3)4/h5,14,17H,1,6-13H2,2-4H3. The Bertz CT molecular complexity index is 326. The Morgan fingerprint density at radius 1 is 1.48 bits per heavy atom. The van der Waals surface area contributed by atoms with Crippen LogP contribution in [0.1, 0.15) is 40.0 Å². The van der Waals surface area contributed by atoms with Crippen LogP contribution >= 0.6 is 0 Å². The van der Waals surface area contributed by atoms with Crippen LogP contribution in [-0.2, 0) is 9.47 Å². The predicted molar refractivity (Wildman–Crippen MR) is 84.2 cm³/mol. The molecule has 1 rings (SSSR count). The minimum atomic E-state index is -0.423. The van der Waals surface area contributed by atoms with Crippen molar-refractivity contribution in [3.63, 3.8) is 0 Å². The third-order valence-corrected chi connectivity index (χ3v) is 3.34. The molecular formula is C16H30N2O3. The van der Waals surface area contributed by atoms with Crippen molar-refractivity contribution in [2.45, 2.75) is 45.6 Å². The molecule has 0 bridgehead atoms. The highest BCUT2D eigenvalue weighted by molar-refractivity contribution is 5.68. The van der Waals surface area contributed by atoms with Gasteiger partial charge in [0.15, 0.2) is 0 Å². The largest absolute Gasteiger partial charge is 0.502 e. The summed E-state index contributed by atoms with van der Waals surface area (Å²) in [5.41, 5.74) is -0.423. The van der Waals surface area contributed by atoms with Crippen LogP contribution in [-0.4, -0.2) is 49.4 Å². The predicted octanol–water partition coefficient (Wildman–Crippen LogP) is 2.77. The summed E-state index contributed by atoms with van der Waals surface area (Å²) in [6, 6.07) is 0. The van der Waals surface area contributed by atoms with E-state index in [0.717, 1.165) is 45.4 Å². The second-order valence-electron chi connectivity index (χ2n) is 6.53. The number of carbonyl (C=O) groups is 1. The van der Waals surface area contributed by atoms with Crippen LogP contribution < -0.4 is 5.32 Å². The zero-order chi connectivity index (χ0) is 15.7. The molecule has 1 N–H and O–H groups in total. The van der Waals surface area contributed by atoms with Gasteiger partial charge in [-0.2, -0.15) is 0 Å². The van der Waals surface area contributed by atoms with E-state index < -0.39 is 5.60 Å². The van der Waals surface area contributed by atoms with E-state index in [-0.39, 0.29) is 6.09 Å². The topological polar surface area (TPSA) is 50.8 Å². The van der Waals surface area contributed by atoms with Crippen LogP contribution in [0.3, 0.4) is 0 Å². The summed E-state index contributed by atoms with van der Waals surface area (Å²) in [5.74, 6) is 0.506. The summed E-state index contributed by atoms with van der Waals surface area (Å²) in [5, 5.41) is 3.43. The molecule has 0 radical (unpaired) electrons. The second-order valence-corrected chi connectivity index (χ2v) is 6.53. The molecule has 21 heavy (non-hydrogen) atoms. The Morgan fingerprint density at radius 3 is 2.90 bits per heavy atom. The van der Waals surface area contributed by atoms with Gasteiger partial charge in [0.1, 0.15) is 5.60 Å². The minimum Gasteiger partial charge on any atom is -0.502 e. The number of nitrogens with zero attached hydrogens (tertiary/aromatic N) is 1. The van der Waals surface area contributed by atoms with Gasteiger partial charge in [-0.1, -0.05) is 6.58 Å². The molecule has 0 aromatic rings. The first kappa shape index (κ1) is 17.8.